The first-order valence-electron chi connectivity index (χ1n) is 9.24. The van der Waals surface area contributed by atoms with Gasteiger partial charge in [0.05, 0.1) is 12.2 Å². The number of aryl methyl sites for hydroxylation is 3. The molecule has 1 aliphatic rings. The number of rotatable bonds is 6. The molecule has 0 aliphatic carbocycles. The fourth-order valence-electron chi connectivity index (χ4n) is 3.25. The maximum Gasteiger partial charge on any atom is 0.316 e. The molecule has 1 saturated heterocycles. The highest BCUT2D eigenvalue weighted by molar-refractivity contribution is 5.76. The Balaban J connectivity index is 1.53. The van der Waals surface area contributed by atoms with Gasteiger partial charge in [0.15, 0.2) is 0 Å². The van der Waals surface area contributed by atoms with E-state index in [9.17, 15) is 4.79 Å². The summed E-state index contributed by atoms with van der Waals surface area (Å²) in [5, 5.41) is 3.94. The molecule has 0 aromatic carbocycles. The Hall–Kier alpha value is -2.44. The van der Waals surface area contributed by atoms with Crippen LogP contribution in [0.4, 0.5) is 0 Å². The van der Waals surface area contributed by atoms with Crippen molar-refractivity contribution in [2.24, 2.45) is 0 Å². The minimum absolute atomic E-state index is 0.0563. The maximum absolute atomic E-state index is 12.6. The van der Waals surface area contributed by atoms with Crippen molar-refractivity contribution in [3.63, 3.8) is 0 Å². The van der Waals surface area contributed by atoms with Crippen LogP contribution in [0.25, 0.3) is 0 Å². The van der Waals surface area contributed by atoms with E-state index in [2.05, 4.69) is 22.0 Å². The molecule has 2 aromatic heterocycles. The van der Waals surface area contributed by atoms with Gasteiger partial charge in [-0.15, -0.1) is 0 Å². The number of ether oxygens (including phenoxy) is 1. The van der Waals surface area contributed by atoms with Crippen LogP contribution in [0.3, 0.4) is 0 Å². The summed E-state index contributed by atoms with van der Waals surface area (Å²) in [5.41, 5.74) is 2.98. The second-order valence-electron chi connectivity index (χ2n) is 6.75. The highest BCUT2D eigenvalue weighted by atomic mass is 16.5. The number of piperidine rings is 1. The van der Waals surface area contributed by atoms with Crippen LogP contribution in [0.2, 0.25) is 0 Å². The van der Waals surface area contributed by atoms with Crippen molar-refractivity contribution in [2.75, 3.05) is 13.1 Å². The minimum atomic E-state index is -0.0563. The third kappa shape index (κ3) is 4.39. The molecule has 26 heavy (non-hydrogen) atoms. The molecular weight excluding hydrogens is 332 g/mol. The molecule has 1 fully saturated rings. The van der Waals surface area contributed by atoms with Crippen molar-refractivity contribution < 1.29 is 14.1 Å². The van der Waals surface area contributed by atoms with Gasteiger partial charge in [0, 0.05) is 30.9 Å². The Labute approximate surface area is 153 Å². The lowest BCUT2D eigenvalue weighted by molar-refractivity contribution is -0.133. The summed E-state index contributed by atoms with van der Waals surface area (Å²) < 4.78 is 11.0. The summed E-state index contributed by atoms with van der Waals surface area (Å²) >= 11 is 0. The number of nitrogens with zero attached hydrogens (tertiary/aromatic N) is 4. The van der Waals surface area contributed by atoms with E-state index in [-0.39, 0.29) is 12.0 Å². The first-order valence-corrected chi connectivity index (χ1v) is 9.24. The van der Waals surface area contributed by atoms with E-state index in [1.165, 1.54) is 0 Å². The lowest BCUT2D eigenvalue weighted by atomic mass is 10.1. The highest BCUT2D eigenvalue weighted by Crippen LogP contribution is 2.19. The smallest absolute Gasteiger partial charge is 0.316 e. The van der Waals surface area contributed by atoms with Crippen LogP contribution in [0.5, 0.6) is 6.01 Å². The van der Waals surface area contributed by atoms with Gasteiger partial charge in [-0.2, -0.15) is 0 Å². The van der Waals surface area contributed by atoms with Crippen molar-refractivity contribution in [3.05, 3.63) is 35.0 Å². The second-order valence-corrected chi connectivity index (χ2v) is 6.75. The van der Waals surface area contributed by atoms with Crippen LogP contribution in [0.15, 0.2) is 16.9 Å². The van der Waals surface area contributed by atoms with Crippen molar-refractivity contribution in [3.8, 4) is 6.01 Å². The van der Waals surface area contributed by atoms with Gasteiger partial charge in [0.1, 0.15) is 11.9 Å². The maximum atomic E-state index is 12.6. The second kappa shape index (κ2) is 8.29. The Morgan fingerprint density at radius 2 is 2.12 bits per heavy atom. The predicted molar refractivity (Wildman–Crippen MR) is 95.9 cm³/mol. The first-order chi connectivity index (χ1) is 12.6. The van der Waals surface area contributed by atoms with E-state index in [1.54, 1.807) is 12.4 Å². The normalized spacial score (nSPS) is 17.3. The summed E-state index contributed by atoms with van der Waals surface area (Å²) in [6.07, 6.45) is 7.37. The van der Waals surface area contributed by atoms with E-state index >= 15 is 0 Å². The Morgan fingerprint density at radius 3 is 2.77 bits per heavy atom. The van der Waals surface area contributed by atoms with Gasteiger partial charge < -0.3 is 14.2 Å². The van der Waals surface area contributed by atoms with Gasteiger partial charge in [-0.1, -0.05) is 12.1 Å². The number of hydrogen-bond acceptors (Lipinski definition) is 6. The summed E-state index contributed by atoms with van der Waals surface area (Å²) in [6, 6.07) is 0.386. The largest absolute Gasteiger partial charge is 0.458 e. The van der Waals surface area contributed by atoms with Gasteiger partial charge in [0.25, 0.3) is 0 Å². The zero-order valence-electron chi connectivity index (χ0n) is 15.7. The zero-order chi connectivity index (χ0) is 18.5. The fraction of sp³-hybridized carbons (Fsp3) is 0.579. The molecule has 1 amide bonds. The number of aromatic nitrogens is 3. The average Bonchev–Trinajstić information content (AvgIpc) is 2.98. The van der Waals surface area contributed by atoms with Crippen molar-refractivity contribution in [1.29, 1.82) is 0 Å². The first kappa shape index (κ1) is 18.4. The minimum Gasteiger partial charge on any atom is -0.458 e. The summed E-state index contributed by atoms with van der Waals surface area (Å²) in [4.78, 5) is 23.0. The predicted octanol–water partition coefficient (Wildman–Crippen LogP) is 2.65. The lowest BCUT2D eigenvalue weighted by Crippen LogP contribution is -2.44. The standard InChI is InChI=1S/C19H26N4O3/c1-4-15-10-20-19(21-11-15)25-16-6-5-9-23(12-16)18(24)8-7-17-13(2)22-26-14(17)3/h10-11,16H,4-9,12H2,1-3H3. The van der Waals surface area contributed by atoms with Crippen molar-refractivity contribution >= 4 is 5.91 Å². The van der Waals surface area contributed by atoms with E-state index in [1.807, 2.05) is 18.7 Å². The molecule has 1 atom stereocenters. The van der Waals surface area contributed by atoms with Crippen LogP contribution in [0, 0.1) is 13.8 Å². The molecule has 1 aliphatic heterocycles. The number of carbonyl (C=O) groups is 1. The molecule has 140 valence electrons. The quantitative estimate of drug-likeness (QED) is 0.790. The topological polar surface area (TPSA) is 81.4 Å². The molecule has 1 unspecified atom stereocenters. The van der Waals surface area contributed by atoms with Gasteiger partial charge in [-0.25, -0.2) is 9.97 Å². The monoisotopic (exact) mass is 358 g/mol. The SMILES string of the molecule is CCc1cnc(OC2CCCN(C(=O)CCc3c(C)noc3C)C2)nc1. The van der Waals surface area contributed by atoms with E-state index in [4.69, 9.17) is 9.26 Å². The lowest BCUT2D eigenvalue weighted by Gasteiger charge is -2.32. The Morgan fingerprint density at radius 1 is 1.35 bits per heavy atom. The van der Waals surface area contributed by atoms with Crippen LogP contribution < -0.4 is 4.74 Å². The van der Waals surface area contributed by atoms with Crippen LogP contribution in [-0.2, 0) is 17.6 Å². The third-order valence-electron chi connectivity index (χ3n) is 4.86. The fourth-order valence-corrected chi connectivity index (χ4v) is 3.25. The van der Waals surface area contributed by atoms with Crippen molar-refractivity contribution in [2.45, 2.75) is 59.0 Å². The van der Waals surface area contributed by atoms with Crippen LogP contribution in [0.1, 0.15) is 48.8 Å². The molecular formula is C19H26N4O3. The van der Waals surface area contributed by atoms with Crippen LogP contribution in [-0.4, -0.2) is 45.1 Å². The van der Waals surface area contributed by atoms with E-state index in [0.717, 1.165) is 48.4 Å². The summed E-state index contributed by atoms with van der Waals surface area (Å²) in [5.74, 6) is 0.934. The van der Waals surface area contributed by atoms with Gasteiger partial charge >= 0.3 is 6.01 Å². The molecule has 0 spiro atoms. The molecule has 3 rings (SSSR count). The third-order valence-corrected chi connectivity index (χ3v) is 4.86. The summed E-state index contributed by atoms with van der Waals surface area (Å²) in [7, 11) is 0. The molecule has 7 heteroatoms. The van der Waals surface area contributed by atoms with Crippen molar-refractivity contribution in [1.82, 2.24) is 20.0 Å². The van der Waals surface area contributed by atoms with Gasteiger partial charge in [0.2, 0.25) is 5.91 Å². The molecule has 3 heterocycles. The molecule has 2 aromatic rings. The average molecular weight is 358 g/mol. The summed E-state index contributed by atoms with van der Waals surface area (Å²) in [6.45, 7) is 7.21. The van der Waals surface area contributed by atoms with E-state index < -0.39 is 0 Å². The molecule has 0 N–H and O–H groups in total. The van der Waals surface area contributed by atoms with Gasteiger partial charge in [-0.05, 0) is 45.1 Å². The number of carbonyl (C=O) groups excluding carboxylic acids is 1. The molecule has 0 saturated carbocycles. The molecule has 7 nitrogen and oxygen atoms in total. The van der Waals surface area contributed by atoms with Gasteiger partial charge in [-0.3, -0.25) is 4.79 Å². The van der Waals surface area contributed by atoms with Crippen LogP contribution >= 0.6 is 0 Å². The highest BCUT2D eigenvalue weighted by Gasteiger charge is 2.25. The zero-order valence-corrected chi connectivity index (χ0v) is 15.7. The number of hydrogen-bond donors (Lipinski definition) is 0. The Kier molecular flexibility index (Phi) is 5.85. The molecule has 0 bridgehead atoms. The number of likely N-dealkylation sites (tertiary alicyclic amines) is 1. The number of amides is 1. The Bertz CT molecular complexity index is 722. The van der Waals surface area contributed by atoms with E-state index in [0.29, 0.717) is 25.4 Å². The molecule has 0 radical (unpaired) electrons.